The number of hydrogen-bond donors (Lipinski definition) is 0. The second-order valence-corrected chi connectivity index (χ2v) is 7.34. The number of nitrogens with zero attached hydrogens (tertiary/aromatic N) is 1. The summed E-state index contributed by atoms with van der Waals surface area (Å²) in [7, 11) is 2.19. The largest absolute Gasteiger partial charge is 0.220 e. The zero-order valence-electron chi connectivity index (χ0n) is 15.0. The monoisotopic (exact) mass is 316 g/mol. The smallest absolute Gasteiger partial charge is 0.198 e. The molecule has 0 radical (unpaired) electrons. The minimum Gasteiger partial charge on any atom is -0.198 e. The van der Waals surface area contributed by atoms with Crippen molar-refractivity contribution in [1.82, 2.24) is 0 Å². The topological polar surface area (TPSA) is 3.88 Å². The Morgan fingerprint density at radius 3 is 2.46 bits per heavy atom. The summed E-state index contributed by atoms with van der Waals surface area (Å²) in [5.74, 6) is 0.755. The number of benzene rings is 2. The Bertz CT molecular complexity index is 901. The summed E-state index contributed by atoms with van der Waals surface area (Å²) < 4.78 is 2.35. The Morgan fingerprint density at radius 1 is 0.917 bits per heavy atom. The fourth-order valence-corrected chi connectivity index (χ4v) is 4.25. The standard InChI is InChI=1S/C23H26N/c1-16-12-13-19(18-8-4-5-9-18)15-22(16)23-21-11-7-6-10-20(21)14-17(2)24(23)3/h6-7,10-15,18H,4-5,8-9H2,1-3H3/q+1. The van der Waals surface area contributed by atoms with Crippen molar-refractivity contribution < 1.29 is 4.57 Å². The number of aryl methyl sites for hydroxylation is 2. The van der Waals surface area contributed by atoms with Crippen molar-refractivity contribution in [3.05, 3.63) is 65.4 Å². The predicted octanol–water partition coefficient (Wildman–Crippen LogP) is 5.61. The van der Waals surface area contributed by atoms with Crippen LogP contribution in [0.25, 0.3) is 22.0 Å². The summed E-state index contributed by atoms with van der Waals surface area (Å²) in [5, 5.41) is 2.67. The van der Waals surface area contributed by atoms with Crippen molar-refractivity contribution in [3.8, 4) is 11.3 Å². The number of pyridine rings is 1. The molecular weight excluding hydrogens is 290 g/mol. The molecule has 2 aromatic carbocycles. The van der Waals surface area contributed by atoms with Gasteiger partial charge >= 0.3 is 0 Å². The van der Waals surface area contributed by atoms with Gasteiger partial charge in [0.1, 0.15) is 7.05 Å². The average molecular weight is 316 g/mol. The van der Waals surface area contributed by atoms with Crippen molar-refractivity contribution >= 4 is 10.8 Å². The summed E-state index contributed by atoms with van der Waals surface area (Å²) in [6.07, 6.45) is 5.47. The van der Waals surface area contributed by atoms with Gasteiger partial charge in [0.05, 0.1) is 5.39 Å². The van der Waals surface area contributed by atoms with Gasteiger partial charge in [-0.1, -0.05) is 43.2 Å². The van der Waals surface area contributed by atoms with Crippen molar-refractivity contribution in [3.63, 3.8) is 0 Å². The van der Waals surface area contributed by atoms with E-state index in [-0.39, 0.29) is 0 Å². The molecule has 0 atom stereocenters. The summed E-state index contributed by atoms with van der Waals surface area (Å²) in [5.41, 5.74) is 6.93. The first kappa shape index (κ1) is 15.4. The van der Waals surface area contributed by atoms with Gasteiger partial charge in [0.2, 0.25) is 5.69 Å². The zero-order chi connectivity index (χ0) is 16.7. The molecule has 0 amide bonds. The highest BCUT2D eigenvalue weighted by atomic mass is 14.9. The maximum Gasteiger partial charge on any atom is 0.220 e. The third kappa shape index (κ3) is 2.53. The maximum atomic E-state index is 2.46. The first-order valence-corrected chi connectivity index (χ1v) is 9.14. The molecule has 0 aliphatic heterocycles. The van der Waals surface area contributed by atoms with Gasteiger partial charge in [-0.15, -0.1) is 0 Å². The number of rotatable bonds is 2. The lowest BCUT2D eigenvalue weighted by Gasteiger charge is -2.14. The van der Waals surface area contributed by atoms with Crippen molar-refractivity contribution in [2.24, 2.45) is 7.05 Å². The average Bonchev–Trinajstić information content (AvgIpc) is 3.12. The minimum absolute atomic E-state index is 0.755. The van der Waals surface area contributed by atoms with Crippen molar-refractivity contribution in [1.29, 1.82) is 0 Å². The molecule has 0 spiro atoms. The van der Waals surface area contributed by atoms with E-state index in [9.17, 15) is 0 Å². The van der Waals surface area contributed by atoms with Gasteiger partial charge in [-0.2, -0.15) is 4.57 Å². The summed E-state index contributed by atoms with van der Waals surface area (Å²) in [6, 6.07) is 18.2. The van der Waals surface area contributed by atoms with Crippen LogP contribution in [0, 0.1) is 13.8 Å². The van der Waals surface area contributed by atoms with Crippen molar-refractivity contribution in [2.75, 3.05) is 0 Å². The number of aromatic nitrogens is 1. The van der Waals surface area contributed by atoms with Gasteiger partial charge in [0, 0.05) is 18.6 Å². The van der Waals surface area contributed by atoms with E-state index in [4.69, 9.17) is 0 Å². The SMILES string of the molecule is Cc1ccc(C2CCCC2)cc1-c1c2ccccc2cc(C)[n+]1C. The minimum atomic E-state index is 0.755. The maximum absolute atomic E-state index is 2.46. The molecule has 1 heterocycles. The fourth-order valence-electron chi connectivity index (χ4n) is 4.25. The third-order valence-corrected chi connectivity index (χ3v) is 5.79. The summed E-state index contributed by atoms with van der Waals surface area (Å²) in [4.78, 5) is 0. The van der Waals surface area contributed by atoms with Gasteiger partial charge in [-0.3, -0.25) is 0 Å². The Hall–Kier alpha value is -2.15. The van der Waals surface area contributed by atoms with Gasteiger partial charge in [-0.05, 0) is 54.3 Å². The molecule has 0 unspecified atom stereocenters. The molecule has 0 bridgehead atoms. The quantitative estimate of drug-likeness (QED) is 0.541. The predicted molar refractivity (Wildman–Crippen MR) is 101 cm³/mol. The molecule has 0 saturated heterocycles. The highest BCUT2D eigenvalue weighted by molar-refractivity contribution is 5.93. The van der Waals surface area contributed by atoms with Crippen LogP contribution in [0.5, 0.6) is 0 Å². The second kappa shape index (κ2) is 6.05. The van der Waals surface area contributed by atoms with E-state index in [1.807, 2.05) is 0 Å². The molecule has 1 nitrogen and oxygen atoms in total. The Balaban J connectivity index is 1.97. The molecular formula is C23H26N+. The van der Waals surface area contributed by atoms with Crippen molar-refractivity contribution in [2.45, 2.75) is 45.4 Å². The molecule has 3 aromatic rings. The third-order valence-electron chi connectivity index (χ3n) is 5.79. The molecule has 1 heteroatoms. The molecule has 24 heavy (non-hydrogen) atoms. The summed E-state index contributed by atoms with van der Waals surface area (Å²) in [6.45, 7) is 4.44. The Morgan fingerprint density at radius 2 is 1.67 bits per heavy atom. The van der Waals surface area contributed by atoms with Gasteiger partial charge in [0.15, 0.2) is 5.69 Å². The highest BCUT2D eigenvalue weighted by Crippen LogP contribution is 2.37. The van der Waals surface area contributed by atoms with E-state index in [1.165, 1.54) is 64.5 Å². The van der Waals surface area contributed by atoms with Crippen LogP contribution in [0.1, 0.15) is 48.4 Å². The van der Waals surface area contributed by atoms with Gasteiger partial charge in [0.25, 0.3) is 0 Å². The molecule has 122 valence electrons. The lowest BCUT2D eigenvalue weighted by atomic mass is 9.91. The van der Waals surface area contributed by atoms with Gasteiger partial charge < -0.3 is 0 Å². The first-order chi connectivity index (χ1) is 11.6. The summed E-state index contributed by atoms with van der Waals surface area (Å²) >= 11 is 0. The van der Waals surface area contributed by atoms with Crippen LogP contribution in [-0.4, -0.2) is 0 Å². The molecule has 1 saturated carbocycles. The first-order valence-electron chi connectivity index (χ1n) is 9.14. The molecule has 1 aliphatic rings. The van der Waals surface area contributed by atoms with Crippen LogP contribution in [0.4, 0.5) is 0 Å². The fraction of sp³-hybridized carbons (Fsp3) is 0.348. The second-order valence-electron chi connectivity index (χ2n) is 7.34. The van der Waals surface area contributed by atoms with E-state index < -0.39 is 0 Å². The van der Waals surface area contributed by atoms with Crippen LogP contribution < -0.4 is 4.57 Å². The van der Waals surface area contributed by atoms with Crippen LogP contribution in [-0.2, 0) is 7.05 Å². The molecule has 4 rings (SSSR count). The van der Waals surface area contributed by atoms with E-state index in [2.05, 4.69) is 74.0 Å². The van der Waals surface area contributed by atoms with Crippen LogP contribution in [0.3, 0.4) is 0 Å². The lowest BCUT2D eigenvalue weighted by molar-refractivity contribution is -0.665. The Kier molecular flexibility index (Phi) is 3.88. The Labute approximate surface area is 145 Å². The van der Waals surface area contributed by atoms with E-state index in [1.54, 1.807) is 0 Å². The van der Waals surface area contributed by atoms with E-state index in [0.717, 1.165) is 5.92 Å². The van der Waals surface area contributed by atoms with E-state index >= 15 is 0 Å². The van der Waals surface area contributed by atoms with Crippen LogP contribution in [0.2, 0.25) is 0 Å². The molecule has 1 aromatic heterocycles. The molecule has 0 N–H and O–H groups in total. The molecule has 1 aliphatic carbocycles. The number of hydrogen-bond acceptors (Lipinski definition) is 0. The normalized spacial score (nSPS) is 15.3. The lowest BCUT2D eigenvalue weighted by Crippen LogP contribution is -2.35. The van der Waals surface area contributed by atoms with E-state index in [0.29, 0.717) is 0 Å². The number of fused-ring (bicyclic) bond motifs is 1. The van der Waals surface area contributed by atoms with Crippen LogP contribution in [0.15, 0.2) is 48.5 Å². The zero-order valence-corrected chi connectivity index (χ0v) is 15.0. The highest BCUT2D eigenvalue weighted by Gasteiger charge is 2.22. The van der Waals surface area contributed by atoms with Crippen LogP contribution >= 0.6 is 0 Å². The van der Waals surface area contributed by atoms with Gasteiger partial charge in [-0.25, -0.2) is 0 Å². The molecule has 1 fully saturated rings.